The van der Waals surface area contributed by atoms with E-state index in [2.05, 4.69) is 11.1 Å². The number of aromatic nitrogens is 1. The first-order valence-corrected chi connectivity index (χ1v) is 7.19. The summed E-state index contributed by atoms with van der Waals surface area (Å²) < 4.78 is 6.56. The van der Waals surface area contributed by atoms with Gasteiger partial charge in [0.2, 0.25) is 0 Å². The topological polar surface area (TPSA) is 22.1 Å². The van der Waals surface area contributed by atoms with E-state index < -0.39 is 0 Å². The number of thiazole rings is 1. The van der Waals surface area contributed by atoms with E-state index in [-0.39, 0.29) is 0 Å². The highest BCUT2D eigenvalue weighted by atomic mass is 32.1. The van der Waals surface area contributed by atoms with Crippen molar-refractivity contribution in [3.8, 4) is 16.3 Å². The van der Waals surface area contributed by atoms with Crippen molar-refractivity contribution in [1.82, 2.24) is 4.98 Å². The van der Waals surface area contributed by atoms with Crippen molar-refractivity contribution in [1.29, 1.82) is 0 Å². The van der Waals surface area contributed by atoms with Gasteiger partial charge < -0.3 is 4.74 Å². The fourth-order valence-corrected chi connectivity index (χ4v) is 2.80. The van der Waals surface area contributed by atoms with Crippen LogP contribution in [-0.2, 0) is 0 Å². The van der Waals surface area contributed by atoms with E-state index in [0.717, 1.165) is 21.8 Å². The minimum Gasteiger partial charge on any atom is -0.496 e. The second kappa shape index (κ2) is 6.34. The van der Waals surface area contributed by atoms with Crippen LogP contribution in [0.3, 0.4) is 0 Å². The highest BCUT2D eigenvalue weighted by Gasteiger charge is 2.09. The minimum absolute atomic E-state index is 0.867. The Hall–Kier alpha value is -1.87. The molecule has 19 heavy (non-hydrogen) atoms. The Morgan fingerprint density at radius 2 is 1.63 bits per heavy atom. The van der Waals surface area contributed by atoms with Crippen molar-refractivity contribution in [2.75, 3.05) is 7.11 Å². The van der Waals surface area contributed by atoms with Crippen molar-refractivity contribution in [3.05, 3.63) is 48.5 Å². The zero-order valence-corrected chi connectivity index (χ0v) is 12.2. The SMILES string of the molecule is CC.COc1ccccc1-c1nc2ccccc2s1. The third-order valence-corrected chi connectivity index (χ3v) is 3.70. The average molecular weight is 271 g/mol. The number of hydrogen-bond donors (Lipinski definition) is 0. The van der Waals surface area contributed by atoms with E-state index in [1.54, 1.807) is 18.4 Å². The van der Waals surface area contributed by atoms with Gasteiger partial charge >= 0.3 is 0 Å². The lowest BCUT2D eigenvalue weighted by Gasteiger charge is -2.04. The van der Waals surface area contributed by atoms with Crippen LogP contribution < -0.4 is 4.74 Å². The largest absolute Gasteiger partial charge is 0.496 e. The summed E-state index contributed by atoms with van der Waals surface area (Å²) in [6.07, 6.45) is 0. The lowest BCUT2D eigenvalue weighted by molar-refractivity contribution is 0.416. The molecule has 0 aliphatic heterocycles. The number of methoxy groups -OCH3 is 1. The summed E-state index contributed by atoms with van der Waals surface area (Å²) in [6.45, 7) is 4.00. The molecule has 0 bridgehead atoms. The van der Waals surface area contributed by atoms with Gasteiger partial charge in [-0.2, -0.15) is 0 Å². The molecule has 0 saturated carbocycles. The van der Waals surface area contributed by atoms with E-state index in [4.69, 9.17) is 4.74 Å². The first-order valence-electron chi connectivity index (χ1n) is 6.37. The minimum atomic E-state index is 0.867. The summed E-state index contributed by atoms with van der Waals surface area (Å²) in [7, 11) is 1.69. The zero-order valence-electron chi connectivity index (χ0n) is 11.4. The van der Waals surface area contributed by atoms with Gasteiger partial charge in [0.05, 0.1) is 22.9 Å². The number of para-hydroxylation sites is 2. The summed E-state index contributed by atoms with van der Waals surface area (Å²) >= 11 is 1.69. The molecule has 3 aromatic rings. The standard InChI is InChI=1S/C14H11NOS.C2H6/c1-16-12-8-4-2-6-10(12)14-15-11-7-3-5-9-13(11)17-14;1-2/h2-9H,1H3;1-2H3. The highest BCUT2D eigenvalue weighted by Crippen LogP contribution is 2.35. The molecule has 3 rings (SSSR count). The van der Waals surface area contributed by atoms with Crippen LogP contribution in [0.1, 0.15) is 13.8 Å². The van der Waals surface area contributed by atoms with E-state index in [9.17, 15) is 0 Å². The van der Waals surface area contributed by atoms with E-state index in [1.807, 2.05) is 56.3 Å². The summed E-state index contributed by atoms with van der Waals surface area (Å²) in [5.74, 6) is 0.867. The lowest BCUT2D eigenvalue weighted by Crippen LogP contribution is -1.86. The van der Waals surface area contributed by atoms with Gasteiger partial charge in [-0.1, -0.05) is 38.1 Å². The Balaban J connectivity index is 0.000000637. The van der Waals surface area contributed by atoms with Gasteiger partial charge in [-0.3, -0.25) is 0 Å². The van der Waals surface area contributed by atoms with Crippen molar-refractivity contribution in [2.45, 2.75) is 13.8 Å². The molecule has 0 atom stereocenters. The molecule has 0 radical (unpaired) electrons. The van der Waals surface area contributed by atoms with Crippen molar-refractivity contribution >= 4 is 21.6 Å². The Morgan fingerprint density at radius 1 is 0.947 bits per heavy atom. The molecule has 3 heteroatoms. The molecule has 98 valence electrons. The number of ether oxygens (including phenoxy) is 1. The Kier molecular flexibility index (Phi) is 4.53. The molecular weight excluding hydrogens is 254 g/mol. The molecule has 1 aromatic heterocycles. The quantitative estimate of drug-likeness (QED) is 0.654. The van der Waals surface area contributed by atoms with Crippen molar-refractivity contribution in [2.24, 2.45) is 0 Å². The molecule has 0 aliphatic carbocycles. The molecule has 0 spiro atoms. The maximum Gasteiger partial charge on any atom is 0.129 e. The van der Waals surface area contributed by atoms with Crippen LogP contribution in [0.15, 0.2) is 48.5 Å². The Morgan fingerprint density at radius 3 is 2.37 bits per heavy atom. The van der Waals surface area contributed by atoms with Crippen LogP contribution in [0.4, 0.5) is 0 Å². The monoisotopic (exact) mass is 271 g/mol. The third kappa shape index (κ3) is 2.76. The van der Waals surface area contributed by atoms with Gasteiger partial charge in [0.25, 0.3) is 0 Å². The molecule has 2 nitrogen and oxygen atoms in total. The predicted molar refractivity (Wildman–Crippen MR) is 83.0 cm³/mol. The number of hydrogen-bond acceptors (Lipinski definition) is 3. The van der Waals surface area contributed by atoms with E-state index in [0.29, 0.717) is 0 Å². The Labute approximate surface area is 117 Å². The van der Waals surface area contributed by atoms with Gasteiger partial charge in [-0.25, -0.2) is 4.98 Å². The molecule has 0 fully saturated rings. The fourth-order valence-electron chi connectivity index (χ4n) is 1.81. The molecule has 1 heterocycles. The first-order chi connectivity index (χ1) is 9.38. The molecule has 0 N–H and O–H groups in total. The summed E-state index contributed by atoms with van der Waals surface area (Å²) in [5, 5.41) is 1.00. The molecule has 0 amide bonds. The molecule has 0 unspecified atom stereocenters. The zero-order chi connectivity index (χ0) is 13.7. The highest BCUT2D eigenvalue weighted by molar-refractivity contribution is 7.21. The summed E-state index contributed by atoms with van der Waals surface area (Å²) in [6, 6.07) is 16.1. The second-order valence-corrected chi connectivity index (χ2v) is 4.72. The van der Waals surface area contributed by atoms with Crippen LogP contribution >= 0.6 is 11.3 Å². The van der Waals surface area contributed by atoms with Gasteiger partial charge in [0, 0.05) is 0 Å². The van der Waals surface area contributed by atoms with E-state index >= 15 is 0 Å². The van der Waals surface area contributed by atoms with Gasteiger partial charge in [-0.05, 0) is 24.3 Å². The average Bonchev–Trinajstić information content (AvgIpc) is 2.93. The van der Waals surface area contributed by atoms with Crippen LogP contribution in [0.5, 0.6) is 5.75 Å². The third-order valence-electron chi connectivity index (χ3n) is 2.63. The van der Waals surface area contributed by atoms with E-state index in [1.165, 1.54) is 4.70 Å². The second-order valence-electron chi connectivity index (χ2n) is 3.69. The van der Waals surface area contributed by atoms with Crippen LogP contribution in [0.25, 0.3) is 20.8 Å². The molecule has 2 aromatic carbocycles. The number of benzene rings is 2. The van der Waals surface area contributed by atoms with Crippen LogP contribution in [0.2, 0.25) is 0 Å². The molecule has 0 aliphatic rings. The maximum absolute atomic E-state index is 5.36. The predicted octanol–water partition coefficient (Wildman–Crippen LogP) is 5.00. The van der Waals surface area contributed by atoms with Gasteiger partial charge in [0.15, 0.2) is 0 Å². The first kappa shape index (κ1) is 13.6. The van der Waals surface area contributed by atoms with Crippen LogP contribution in [-0.4, -0.2) is 12.1 Å². The smallest absolute Gasteiger partial charge is 0.129 e. The fraction of sp³-hybridized carbons (Fsp3) is 0.188. The van der Waals surface area contributed by atoms with Gasteiger partial charge in [0.1, 0.15) is 10.8 Å². The number of fused-ring (bicyclic) bond motifs is 1. The lowest BCUT2D eigenvalue weighted by atomic mass is 10.2. The summed E-state index contributed by atoms with van der Waals surface area (Å²) in [4.78, 5) is 4.63. The summed E-state index contributed by atoms with van der Waals surface area (Å²) in [5.41, 5.74) is 2.09. The number of nitrogens with zero attached hydrogens (tertiary/aromatic N) is 1. The number of rotatable bonds is 2. The molecular formula is C16H17NOS. The molecule has 0 saturated heterocycles. The van der Waals surface area contributed by atoms with Gasteiger partial charge in [-0.15, -0.1) is 11.3 Å². The van der Waals surface area contributed by atoms with Crippen LogP contribution in [0, 0.1) is 0 Å². The Bertz CT molecular complexity index is 627. The van der Waals surface area contributed by atoms with Crippen molar-refractivity contribution in [3.63, 3.8) is 0 Å². The normalized spacial score (nSPS) is 9.84. The maximum atomic E-state index is 5.36. The van der Waals surface area contributed by atoms with Crippen molar-refractivity contribution < 1.29 is 4.74 Å².